The molecule has 1 fully saturated rings. The van der Waals surface area contributed by atoms with Crippen LogP contribution in [0.1, 0.15) is 30.0 Å². The maximum atomic E-state index is 12.4. The van der Waals surface area contributed by atoms with Crippen LogP contribution in [-0.2, 0) is 17.8 Å². The molecule has 2 heterocycles. The number of aliphatic hydroxyl groups excluding tert-OH is 1. The first-order chi connectivity index (χ1) is 11.7. The van der Waals surface area contributed by atoms with Gasteiger partial charge in [-0.15, -0.1) is 0 Å². The van der Waals surface area contributed by atoms with Crippen LogP contribution in [-0.4, -0.2) is 33.5 Å². The molecule has 1 aliphatic heterocycles. The Morgan fingerprint density at radius 2 is 2.33 bits per heavy atom. The van der Waals surface area contributed by atoms with Crippen molar-refractivity contribution in [2.45, 2.75) is 38.0 Å². The predicted molar refractivity (Wildman–Crippen MR) is 87.5 cm³/mol. The van der Waals surface area contributed by atoms with Crippen LogP contribution in [0.25, 0.3) is 0 Å². The van der Waals surface area contributed by atoms with Gasteiger partial charge in [-0.2, -0.15) is 5.10 Å². The number of rotatable bonds is 5. The minimum Gasteiger partial charge on any atom is -0.493 e. The molecule has 2 aliphatic rings. The summed E-state index contributed by atoms with van der Waals surface area (Å²) in [6.45, 7) is 0.921. The second-order valence-corrected chi connectivity index (χ2v) is 6.60. The number of carbonyl (C=O) groups excluding carboxylic acids is 1. The van der Waals surface area contributed by atoms with E-state index >= 15 is 0 Å². The number of benzene rings is 1. The first kappa shape index (κ1) is 15.2. The number of aliphatic hydroxyl groups is 1. The summed E-state index contributed by atoms with van der Waals surface area (Å²) in [6, 6.07) is 7.86. The lowest BCUT2D eigenvalue weighted by atomic mass is 9.75. The number of ether oxygens (including phenoxy) is 1. The fraction of sp³-hybridized carbons (Fsp3) is 0.444. The molecule has 1 amide bonds. The molecule has 0 bridgehead atoms. The van der Waals surface area contributed by atoms with Crippen LogP contribution in [0.5, 0.6) is 5.75 Å². The Hall–Kier alpha value is -2.34. The van der Waals surface area contributed by atoms with E-state index in [4.69, 9.17) is 4.74 Å². The minimum atomic E-state index is -0.252. The number of fused-ring (bicyclic) bond motifs is 1. The van der Waals surface area contributed by atoms with Crippen molar-refractivity contribution in [3.05, 3.63) is 47.8 Å². The summed E-state index contributed by atoms with van der Waals surface area (Å²) in [4.78, 5) is 12.4. The van der Waals surface area contributed by atoms with Crippen molar-refractivity contribution in [1.29, 1.82) is 0 Å². The monoisotopic (exact) mass is 327 g/mol. The number of hydrogen-bond donors (Lipinski definition) is 2. The van der Waals surface area contributed by atoms with Gasteiger partial charge in [0, 0.05) is 18.8 Å². The maximum Gasteiger partial charge on any atom is 0.242 e. The lowest BCUT2D eigenvalue weighted by Gasteiger charge is -2.38. The van der Waals surface area contributed by atoms with Gasteiger partial charge in [0.25, 0.3) is 0 Å². The highest BCUT2D eigenvalue weighted by atomic mass is 16.5. The van der Waals surface area contributed by atoms with Crippen molar-refractivity contribution in [2.24, 2.45) is 5.92 Å². The zero-order valence-corrected chi connectivity index (χ0v) is 13.4. The van der Waals surface area contributed by atoms with Crippen LogP contribution < -0.4 is 10.1 Å². The highest BCUT2D eigenvalue weighted by Crippen LogP contribution is 2.39. The summed E-state index contributed by atoms with van der Waals surface area (Å²) >= 11 is 0. The fourth-order valence-corrected chi connectivity index (χ4v) is 3.54. The number of hydrogen-bond acceptors (Lipinski definition) is 4. The summed E-state index contributed by atoms with van der Waals surface area (Å²) in [5, 5.41) is 16.9. The van der Waals surface area contributed by atoms with E-state index in [9.17, 15) is 9.90 Å². The lowest BCUT2D eigenvalue weighted by molar-refractivity contribution is -0.123. The SMILES string of the molecule is O=C(Cn1cccn1)N[C@H](c1ccc2c(c1)CCO2)C1CC(O)C1. The van der Waals surface area contributed by atoms with E-state index in [0.29, 0.717) is 0 Å². The van der Waals surface area contributed by atoms with Gasteiger partial charge in [0.2, 0.25) is 5.91 Å². The van der Waals surface area contributed by atoms with Crippen molar-refractivity contribution in [3.63, 3.8) is 0 Å². The predicted octanol–water partition coefficient (Wildman–Crippen LogP) is 1.45. The Bertz CT molecular complexity index is 723. The van der Waals surface area contributed by atoms with Crippen LogP contribution in [0.4, 0.5) is 0 Å². The first-order valence-corrected chi connectivity index (χ1v) is 8.39. The normalized spacial score (nSPS) is 23.0. The third-order valence-electron chi connectivity index (χ3n) is 4.87. The Morgan fingerprint density at radius 1 is 1.46 bits per heavy atom. The molecule has 24 heavy (non-hydrogen) atoms. The summed E-state index contributed by atoms with van der Waals surface area (Å²) in [6.07, 6.45) is 5.53. The molecule has 1 aromatic carbocycles. The molecule has 1 aliphatic carbocycles. The zero-order chi connectivity index (χ0) is 16.5. The quantitative estimate of drug-likeness (QED) is 0.871. The van der Waals surface area contributed by atoms with Crippen molar-refractivity contribution >= 4 is 5.91 Å². The number of nitrogens with zero attached hydrogens (tertiary/aromatic N) is 2. The molecule has 0 spiro atoms. The first-order valence-electron chi connectivity index (χ1n) is 8.39. The maximum absolute atomic E-state index is 12.4. The van der Waals surface area contributed by atoms with Gasteiger partial charge in [-0.05, 0) is 48.1 Å². The van der Waals surface area contributed by atoms with E-state index in [2.05, 4.69) is 16.5 Å². The zero-order valence-electron chi connectivity index (χ0n) is 13.4. The van der Waals surface area contributed by atoms with Crippen molar-refractivity contribution in [3.8, 4) is 5.75 Å². The van der Waals surface area contributed by atoms with E-state index in [-0.39, 0.29) is 30.5 Å². The van der Waals surface area contributed by atoms with Gasteiger partial charge in [0.1, 0.15) is 12.3 Å². The molecule has 0 saturated heterocycles. The molecule has 1 aromatic heterocycles. The second kappa shape index (κ2) is 6.28. The standard InChI is InChI=1S/C18H21N3O3/c22-15-9-14(10-15)18(20-17(23)11-21-6-1-5-19-21)13-2-3-16-12(8-13)4-7-24-16/h1-3,5-6,8,14-15,18,22H,4,7,9-11H2,(H,20,23)/t14?,15?,18-/m1/s1. The molecule has 6 heteroatoms. The topological polar surface area (TPSA) is 76.4 Å². The van der Waals surface area contributed by atoms with Gasteiger partial charge in [0.15, 0.2) is 0 Å². The average molecular weight is 327 g/mol. The summed E-state index contributed by atoms with van der Waals surface area (Å²) < 4.78 is 7.17. The van der Waals surface area contributed by atoms with Crippen molar-refractivity contribution in [2.75, 3.05) is 6.61 Å². The van der Waals surface area contributed by atoms with Crippen LogP contribution in [0.2, 0.25) is 0 Å². The summed E-state index contributed by atoms with van der Waals surface area (Å²) in [7, 11) is 0. The smallest absolute Gasteiger partial charge is 0.242 e. The second-order valence-electron chi connectivity index (χ2n) is 6.60. The van der Waals surface area contributed by atoms with Crippen molar-refractivity contribution in [1.82, 2.24) is 15.1 Å². The van der Waals surface area contributed by atoms with Crippen LogP contribution >= 0.6 is 0 Å². The molecular formula is C18H21N3O3. The number of amides is 1. The Balaban J connectivity index is 1.52. The van der Waals surface area contributed by atoms with Gasteiger partial charge in [-0.1, -0.05) is 6.07 Å². The van der Waals surface area contributed by atoms with Gasteiger partial charge >= 0.3 is 0 Å². The van der Waals surface area contributed by atoms with Crippen molar-refractivity contribution < 1.29 is 14.6 Å². The number of nitrogens with one attached hydrogen (secondary N) is 1. The van der Waals surface area contributed by atoms with E-state index in [1.54, 1.807) is 23.1 Å². The molecule has 0 unspecified atom stereocenters. The summed E-state index contributed by atoms with van der Waals surface area (Å²) in [5.41, 5.74) is 2.28. The van der Waals surface area contributed by atoms with E-state index in [0.717, 1.165) is 37.2 Å². The molecular weight excluding hydrogens is 306 g/mol. The minimum absolute atomic E-state index is 0.0677. The van der Waals surface area contributed by atoms with Gasteiger partial charge in [0.05, 0.1) is 18.8 Å². The van der Waals surface area contributed by atoms with Crippen LogP contribution in [0.15, 0.2) is 36.7 Å². The highest BCUT2D eigenvalue weighted by molar-refractivity contribution is 5.76. The molecule has 6 nitrogen and oxygen atoms in total. The highest BCUT2D eigenvalue weighted by Gasteiger charge is 2.36. The third kappa shape index (κ3) is 3.01. The molecule has 0 radical (unpaired) electrons. The molecule has 126 valence electrons. The lowest BCUT2D eigenvalue weighted by Crippen LogP contribution is -2.42. The van der Waals surface area contributed by atoms with E-state index < -0.39 is 0 Å². The van der Waals surface area contributed by atoms with Gasteiger partial charge < -0.3 is 15.2 Å². The van der Waals surface area contributed by atoms with Gasteiger partial charge in [-0.3, -0.25) is 9.48 Å². The van der Waals surface area contributed by atoms with Crippen LogP contribution in [0.3, 0.4) is 0 Å². The third-order valence-corrected chi connectivity index (χ3v) is 4.87. The van der Waals surface area contributed by atoms with Crippen LogP contribution in [0, 0.1) is 5.92 Å². The Labute approximate surface area is 140 Å². The largest absolute Gasteiger partial charge is 0.493 e. The Kier molecular flexibility index (Phi) is 3.98. The molecule has 2 aromatic rings. The van der Waals surface area contributed by atoms with E-state index in [1.807, 2.05) is 12.1 Å². The fourth-order valence-electron chi connectivity index (χ4n) is 3.54. The van der Waals surface area contributed by atoms with E-state index in [1.165, 1.54) is 5.56 Å². The number of carbonyl (C=O) groups is 1. The molecule has 2 N–H and O–H groups in total. The molecule has 1 atom stereocenters. The molecule has 4 rings (SSSR count). The number of aromatic nitrogens is 2. The average Bonchev–Trinajstić information content (AvgIpc) is 3.20. The summed E-state index contributed by atoms with van der Waals surface area (Å²) in [5.74, 6) is 1.14. The van der Waals surface area contributed by atoms with Gasteiger partial charge in [-0.25, -0.2) is 0 Å². The molecule has 1 saturated carbocycles. The Morgan fingerprint density at radius 3 is 3.08 bits per heavy atom.